The van der Waals surface area contributed by atoms with Gasteiger partial charge in [-0.3, -0.25) is 5.41 Å². The maximum Gasteiger partial charge on any atom is 0.123 e. The van der Waals surface area contributed by atoms with E-state index in [1.165, 1.54) is 0 Å². The number of halogens is 1. The molecule has 1 unspecified atom stereocenters. The fourth-order valence-electron chi connectivity index (χ4n) is 1.92. The Morgan fingerprint density at radius 1 is 1.53 bits per heavy atom. The molecule has 1 aromatic rings. The van der Waals surface area contributed by atoms with Gasteiger partial charge >= 0.3 is 0 Å². The summed E-state index contributed by atoms with van der Waals surface area (Å²) in [5, 5.41) is 7.50. The van der Waals surface area contributed by atoms with Crippen LogP contribution in [0.25, 0.3) is 0 Å². The average Bonchev–Trinajstić information content (AvgIpc) is 2.38. The molecule has 0 spiro atoms. The number of rotatable bonds is 7. The van der Waals surface area contributed by atoms with Gasteiger partial charge in [-0.2, -0.15) is 0 Å². The Labute approximate surface area is 123 Å². The zero-order valence-corrected chi connectivity index (χ0v) is 13.3. The van der Waals surface area contributed by atoms with Gasteiger partial charge in [-0.25, -0.2) is 0 Å². The standard InChI is InChI=1S/C14H22BrN3O/c1-4-10(2)18(7-8-19-3)11-5-6-12(14(16)17)13(15)9-11/h5-6,9-10H,4,7-8H2,1-3H3,(H3,16,17). The number of anilines is 1. The van der Waals surface area contributed by atoms with Crippen LogP contribution in [0.15, 0.2) is 22.7 Å². The Bertz CT molecular complexity index is 437. The molecule has 19 heavy (non-hydrogen) atoms. The fourth-order valence-corrected chi connectivity index (χ4v) is 2.50. The second-order valence-corrected chi connectivity index (χ2v) is 5.38. The molecule has 0 aliphatic carbocycles. The lowest BCUT2D eigenvalue weighted by atomic mass is 10.1. The molecule has 3 N–H and O–H groups in total. The normalized spacial score (nSPS) is 12.2. The number of ether oxygens (including phenoxy) is 1. The Morgan fingerprint density at radius 2 is 2.21 bits per heavy atom. The number of amidine groups is 1. The molecule has 0 aromatic heterocycles. The number of hydrogen-bond acceptors (Lipinski definition) is 3. The Hall–Kier alpha value is -1.07. The Balaban J connectivity index is 3.02. The molecule has 1 aromatic carbocycles. The summed E-state index contributed by atoms with van der Waals surface area (Å²) in [4.78, 5) is 2.30. The molecule has 1 atom stereocenters. The lowest BCUT2D eigenvalue weighted by molar-refractivity contribution is 0.203. The quantitative estimate of drug-likeness (QED) is 0.597. The van der Waals surface area contributed by atoms with E-state index in [-0.39, 0.29) is 5.84 Å². The van der Waals surface area contributed by atoms with Gasteiger partial charge in [-0.1, -0.05) is 6.92 Å². The molecule has 4 nitrogen and oxygen atoms in total. The smallest absolute Gasteiger partial charge is 0.123 e. The van der Waals surface area contributed by atoms with Crippen molar-refractivity contribution in [2.75, 3.05) is 25.2 Å². The van der Waals surface area contributed by atoms with E-state index in [1.54, 1.807) is 7.11 Å². The van der Waals surface area contributed by atoms with E-state index >= 15 is 0 Å². The Morgan fingerprint density at radius 3 is 2.68 bits per heavy atom. The van der Waals surface area contributed by atoms with E-state index in [4.69, 9.17) is 15.9 Å². The van der Waals surface area contributed by atoms with Crippen molar-refractivity contribution in [3.8, 4) is 0 Å². The minimum Gasteiger partial charge on any atom is -0.384 e. The van der Waals surface area contributed by atoms with Gasteiger partial charge in [0.15, 0.2) is 0 Å². The molecule has 0 bridgehead atoms. The van der Waals surface area contributed by atoms with E-state index in [9.17, 15) is 0 Å². The van der Waals surface area contributed by atoms with Crippen molar-refractivity contribution in [2.24, 2.45) is 5.73 Å². The van der Waals surface area contributed by atoms with Crippen LogP contribution < -0.4 is 10.6 Å². The van der Waals surface area contributed by atoms with Gasteiger partial charge in [0.2, 0.25) is 0 Å². The van der Waals surface area contributed by atoms with Gasteiger partial charge in [0.25, 0.3) is 0 Å². The molecule has 5 heteroatoms. The fraction of sp³-hybridized carbons (Fsp3) is 0.500. The first-order chi connectivity index (χ1) is 9.01. The molecule has 0 amide bonds. The van der Waals surface area contributed by atoms with Crippen molar-refractivity contribution >= 4 is 27.5 Å². The third kappa shape index (κ3) is 4.21. The average molecular weight is 328 g/mol. The van der Waals surface area contributed by atoms with Crippen LogP contribution in [-0.2, 0) is 4.74 Å². The zero-order valence-electron chi connectivity index (χ0n) is 11.7. The molecule has 0 saturated heterocycles. The van der Waals surface area contributed by atoms with E-state index in [0.29, 0.717) is 12.6 Å². The summed E-state index contributed by atoms with van der Waals surface area (Å²) >= 11 is 3.48. The highest BCUT2D eigenvalue weighted by atomic mass is 79.9. The highest BCUT2D eigenvalue weighted by Crippen LogP contribution is 2.25. The molecule has 1 rings (SSSR count). The summed E-state index contributed by atoms with van der Waals surface area (Å²) in [6.45, 7) is 5.90. The number of nitrogens with zero attached hydrogens (tertiary/aromatic N) is 1. The highest BCUT2D eigenvalue weighted by molar-refractivity contribution is 9.10. The molecule has 0 saturated carbocycles. The van der Waals surface area contributed by atoms with E-state index in [2.05, 4.69) is 34.7 Å². The molecular formula is C14H22BrN3O. The maximum atomic E-state index is 7.50. The second-order valence-electron chi connectivity index (χ2n) is 4.52. The molecular weight excluding hydrogens is 306 g/mol. The zero-order chi connectivity index (χ0) is 14.4. The van der Waals surface area contributed by atoms with Crippen molar-refractivity contribution in [3.63, 3.8) is 0 Å². The van der Waals surface area contributed by atoms with Gasteiger partial charge in [-0.05, 0) is 47.5 Å². The molecule has 106 valence electrons. The van der Waals surface area contributed by atoms with Crippen molar-refractivity contribution < 1.29 is 4.74 Å². The van der Waals surface area contributed by atoms with E-state index < -0.39 is 0 Å². The number of benzene rings is 1. The van der Waals surface area contributed by atoms with Crippen LogP contribution in [0, 0.1) is 5.41 Å². The minimum absolute atomic E-state index is 0.0745. The highest BCUT2D eigenvalue weighted by Gasteiger charge is 2.14. The molecule has 0 fully saturated rings. The molecule has 0 aliphatic rings. The van der Waals surface area contributed by atoms with Crippen LogP contribution in [0.4, 0.5) is 5.69 Å². The van der Waals surface area contributed by atoms with Crippen molar-refractivity contribution in [2.45, 2.75) is 26.3 Å². The first-order valence-corrected chi connectivity index (χ1v) is 7.20. The summed E-state index contributed by atoms with van der Waals surface area (Å²) in [7, 11) is 1.71. The summed E-state index contributed by atoms with van der Waals surface area (Å²) in [6, 6.07) is 6.33. The van der Waals surface area contributed by atoms with Gasteiger partial charge in [0, 0.05) is 35.4 Å². The van der Waals surface area contributed by atoms with E-state index in [1.807, 2.05) is 18.2 Å². The third-order valence-corrected chi connectivity index (χ3v) is 3.89. The molecule has 0 aliphatic heterocycles. The van der Waals surface area contributed by atoms with E-state index in [0.717, 1.165) is 28.7 Å². The van der Waals surface area contributed by atoms with Gasteiger partial charge in [0.1, 0.15) is 5.84 Å². The topological polar surface area (TPSA) is 62.3 Å². The first-order valence-electron chi connectivity index (χ1n) is 6.40. The summed E-state index contributed by atoms with van der Waals surface area (Å²) in [5.41, 5.74) is 7.36. The van der Waals surface area contributed by atoms with Gasteiger partial charge in [-0.15, -0.1) is 0 Å². The Kier molecular flexibility index (Phi) is 6.31. The summed E-state index contributed by atoms with van der Waals surface area (Å²) < 4.78 is 6.02. The maximum absolute atomic E-state index is 7.50. The number of methoxy groups -OCH3 is 1. The minimum atomic E-state index is 0.0745. The monoisotopic (exact) mass is 327 g/mol. The first kappa shape index (κ1) is 16.0. The lowest BCUT2D eigenvalue weighted by Crippen LogP contribution is -2.35. The second kappa shape index (κ2) is 7.50. The molecule has 0 radical (unpaired) electrons. The number of hydrogen-bond donors (Lipinski definition) is 2. The van der Waals surface area contributed by atoms with Crippen LogP contribution in [0.3, 0.4) is 0 Å². The van der Waals surface area contributed by atoms with Crippen molar-refractivity contribution in [3.05, 3.63) is 28.2 Å². The number of nitrogens with one attached hydrogen (secondary N) is 1. The predicted octanol–water partition coefficient (Wildman–Crippen LogP) is 2.98. The lowest BCUT2D eigenvalue weighted by Gasteiger charge is -2.31. The van der Waals surface area contributed by atoms with Crippen LogP contribution >= 0.6 is 15.9 Å². The van der Waals surface area contributed by atoms with Crippen molar-refractivity contribution in [1.29, 1.82) is 5.41 Å². The van der Waals surface area contributed by atoms with Gasteiger partial charge in [0.05, 0.1) is 6.61 Å². The van der Waals surface area contributed by atoms with Crippen molar-refractivity contribution in [1.82, 2.24) is 0 Å². The van der Waals surface area contributed by atoms with Gasteiger partial charge < -0.3 is 15.4 Å². The largest absolute Gasteiger partial charge is 0.384 e. The summed E-state index contributed by atoms with van der Waals surface area (Å²) in [5.74, 6) is 0.0745. The number of nitrogens with two attached hydrogens (primary N) is 1. The summed E-state index contributed by atoms with van der Waals surface area (Å²) in [6.07, 6.45) is 1.07. The molecule has 0 heterocycles. The predicted molar refractivity (Wildman–Crippen MR) is 84.1 cm³/mol. The third-order valence-electron chi connectivity index (χ3n) is 3.23. The van der Waals surface area contributed by atoms with Crippen LogP contribution in [0.2, 0.25) is 0 Å². The van der Waals surface area contributed by atoms with Crippen LogP contribution in [-0.4, -0.2) is 32.1 Å². The van der Waals surface area contributed by atoms with Crippen LogP contribution in [0.1, 0.15) is 25.8 Å². The SMILES string of the molecule is CCC(C)N(CCOC)c1ccc(C(=N)N)c(Br)c1. The van der Waals surface area contributed by atoms with Crippen LogP contribution in [0.5, 0.6) is 0 Å². The number of nitrogen functional groups attached to an aromatic ring is 1.